The Labute approximate surface area is 157 Å². The molecule has 1 aromatic heterocycles. The molecule has 1 atom stereocenters. The standard InChI is InChI=1S/C18H23N5O2S/c1-4-11-19-17(25)20-15(24)12-26-18-22-21-16(23(18)13(3)5-2)14-9-7-6-8-10-14/h4,6-10,13H,1,5,11-12H2,2-3H3,(H2,19,20,24,25)/t13-/m0/s1. The fourth-order valence-electron chi connectivity index (χ4n) is 2.24. The number of rotatable bonds is 8. The maximum absolute atomic E-state index is 11.9. The average Bonchev–Trinajstić information content (AvgIpc) is 3.08. The van der Waals surface area contributed by atoms with E-state index in [1.807, 2.05) is 34.9 Å². The number of hydrogen-bond donors (Lipinski definition) is 2. The van der Waals surface area contributed by atoms with E-state index >= 15 is 0 Å². The van der Waals surface area contributed by atoms with Crippen molar-refractivity contribution in [2.75, 3.05) is 12.3 Å². The number of hydrogen-bond acceptors (Lipinski definition) is 5. The molecule has 0 fully saturated rings. The molecule has 2 N–H and O–H groups in total. The molecule has 0 spiro atoms. The second-order valence-electron chi connectivity index (χ2n) is 5.64. The molecule has 0 aliphatic carbocycles. The molecule has 0 radical (unpaired) electrons. The third-order valence-corrected chi connectivity index (χ3v) is 4.66. The molecular weight excluding hydrogens is 350 g/mol. The van der Waals surface area contributed by atoms with Crippen LogP contribution in [0.15, 0.2) is 48.1 Å². The largest absolute Gasteiger partial charge is 0.334 e. The van der Waals surface area contributed by atoms with E-state index in [-0.39, 0.29) is 11.8 Å². The lowest BCUT2D eigenvalue weighted by molar-refractivity contribution is -0.117. The number of benzene rings is 1. The van der Waals surface area contributed by atoms with Gasteiger partial charge < -0.3 is 5.32 Å². The summed E-state index contributed by atoms with van der Waals surface area (Å²) in [7, 11) is 0. The molecule has 8 heteroatoms. The quantitative estimate of drug-likeness (QED) is 0.548. The van der Waals surface area contributed by atoms with Gasteiger partial charge in [0.05, 0.1) is 5.75 Å². The summed E-state index contributed by atoms with van der Waals surface area (Å²) in [6, 6.07) is 9.46. The van der Waals surface area contributed by atoms with Crippen LogP contribution in [-0.4, -0.2) is 39.0 Å². The van der Waals surface area contributed by atoms with Gasteiger partial charge in [-0.05, 0) is 13.3 Å². The van der Waals surface area contributed by atoms with Crippen molar-refractivity contribution in [1.82, 2.24) is 25.4 Å². The average molecular weight is 373 g/mol. The van der Waals surface area contributed by atoms with E-state index in [9.17, 15) is 9.59 Å². The van der Waals surface area contributed by atoms with Gasteiger partial charge in [-0.2, -0.15) is 0 Å². The van der Waals surface area contributed by atoms with Crippen LogP contribution in [-0.2, 0) is 4.79 Å². The number of carbonyl (C=O) groups is 2. The Morgan fingerprint density at radius 1 is 1.31 bits per heavy atom. The molecule has 1 aromatic carbocycles. The second kappa shape index (κ2) is 9.76. The smallest absolute Gasteiger partial charge is 0.321 e. The van der Waals surface area contributed by atoms with Crippen molar-refractivity contribution in [2.45, 2.75) is 31.5 Å². The lowest BCUT2D eigenvalue weighted by Crippen LogP contribution is -2.40. The van der Waals surface area contributed by atoms with Crippen LogP contribution in [0, 0.1) is 0 Å². The Balaban J connectivity index is 2.10. The van der Waals surface area contributed by atoms with Gasteiger partial charge >= 0.3 is 6.03 Å². The fraction of sp³-hybridized carbons (Fsp3) is 0.333. The molecule has 0 aliphatic heterocycles. The van der Waals surface area contributed by atoms with Crippen LogP contribution in [0.25, 0.3) is 11.4 Å². The molecule has 0 aliphatic rings. The van der Waals surface area contributed by atoms with Crippen molar-refractivity contribution in [2.24, 2.45) is 0 Å². The van der Waals surface area contributed by atoms with Crippen molar-refractivity contribution in [3.8, 4) is 11.4 Å². The van der Waals surface area contributed by atoms with Crippen molar-refractivity contribution < 1.29 is 9.59 Å². The number of imide groups is 1. The van der Waals surface area contributed by atoms with Gasteiger partial charge in [0, 0.05) is 18.2 Å². The molecule has 0 bridgehead atoms. The Morgan fingerprint density at radius 2 is 2.04 bits per heavy atom. The summed E-state index contributed by atoms with van der Waals surface area (Å²) in [6.45, 7) is 7.97. The lowest BCUT2D eigenvalue weighted by Gasteiger charge is -2.16. The molecule has 0 unspecified atom stereocenters. The van der Waals surface area contributed by atoms with Crippen LogP contribution >= 0.6 is 11.8 Å². The van der Waals surface area contributed by atoms with Crippen LogP contribution < -0.4 is 10.6 Å². The predicted octanol–water partition coefficient (Wildman–Crippen LogP) is 3.02. The minimum atomic E-state index is -0.538. The zero-order valence-electron chi connectivity index (χ0n) is 14.9. The zero-order chi connectivity index (χ0) is 18.9. The highest BCUT2D eigenvalue weighted by Crippen LogP contribution is 2.28. The minimum absolute atomic E-state index is 0.0743. The van der Waals surface area contributed by atoms with Gasteiger partial charge in [0.15, 0.2) is 11.0 Å². The maximum atomic E-state index is 11.9. The van der Waals surface area contributed by atoms with Gasteiger partial charge in [0.25, 0.3) is 0 Å². The van der Waals surface area contributed by atoms with Crippen molar-refractivity contribution >= 4 is 23.7 Å². The molecule has 0 saturated heterocycles. The molecule has 138 valence electrons. The van der Waals surface area contributed by atoms with Gasteiger partial charge in [0.1, 0.15) is 0 Å². The summed E-state index contributed by atoms with van der Waals surface area (Å²) in [6.07, 6.45) is 2.44. The van der Waals surface area contributed by atoms with Crippen molar-refractivity contribution in [1.29, 1.82) is 0 Å². The number of nitrogens with zero attached hydrogens (tertiary/aromatic N) is 3. The summed E-state index contributed by atoms with van der Waals surface area (Å²) in [5.41, 5.74) is 0.973. The van der Waals surface area contributed by atoms with Gasteiger partial charge in [-0.3, -0.25) is 14.7 Å². The molecular formula is C18H23N5O2S. The van der Waals surface area contributed by atoms with E-state index in [1.165, 1.54) is 11.8 Å². The monoisotopic (exact) mass is 373 g/mol. The maximum Gasteiger partial charge on any atom is 0.321 e. The van der Waals surface area contributed by atoms with E-state index in [0.29, 0.717) is 11.7 Å². The number of urea groups is 1. The van der Waals surface area contributed by atoms with Gasteiger partial charge in [0.2, 0.25) is 5.91 Å². The lowest BCUT2D eigenvalue weighted by atomic mass is 10.2. The predicted molar refractivity (Wildman–Crippen MR) is 103 cm³/mol. The first-order valence-corrected chi connectivity index (χ1v) is 9.37. The SMILES string of the molecule is C=CCNC(=O)NC(=O)CSc1nnc(-c2ccccc2)n1[C@@H](C)CC. The van der Waals surface area contributed by atoms with Crippen LogP contribution in [0.5, 0.6) is 0 Å². The van der Waals surface area contributed by atoms with Gasteiger partial charge in [-0.25, -0.2) is 4.79 Å². The van der Waals surface area contributed by atoms with E-state index in [4.69, 9.17) is 0 Å². The van der Waals surface area contributed by atoms with Crippen LogP contribution in [0.1, 0.15) is 26.3 Å². The summed E-state index contributed by atoms with van der Waals surface area (Å²) in [5.74, 6) is 0.452. The van der Waals surface area contributed by atoms with Crippen LogP contribution in [0.4, 0.5) is 4.79 Å². The third kappa shape index (κ3) is 5.19. The fourth-order valence-corrected chi connectivity index (χ4v) is 3.08. The molecule has 3 amide bonds. The first-order valence-electron chi connectivity index (χ1n) is 8.38. The summed E-state index contributed by atoms with van der Waals surface area (Å²) < 4.78 is 2.03. The molecule has 2 rings (SSSR count). The van der Waals surface area contributed by atoms with Crippen LogP contribution in [0.2, 0.25) is 0 Å². The number of carbonyl (C=O) groups excluding carboxylic acids is 2. The third-order valence-electron chi connectivity index (χ3n) is 3.72. The normalized spacial score (nSPS) is 11.6. The summed E-state index contributed by atoms with van der Waals surface area (Å²) in [4.78, 5) is 23.4. The second-order valence-corrected chi connectivity index (χ2v) is 6.58. The van der Waals surface area contributed by atoms with Gasteiger partial charge in [-0.15, -0.1) is 16.8 Å². The first kappa shape index (κ1) is 19.7. The van der Waals surface area contributed by atoms with E-state index in [0.717, 1.165) is 17.8 Å². The van der Waals surface area contributed by atoms with E-state index in [1.54, 1.807) is 6.08 Å². The number of nitrogens with one attached hydrogen (secondary N) is 2. The highest BCUT2D eigenvalue weighted by Gasteiger charge is 2.19. The molecule has 26 heavy (non-hydrogen) atoms. The minimum Gasteiger partial charge on any atom is -0.334 e. The first-order chi connectivity index (χ1) is 12.6. The highest BCUT2D eigenvalue weighted by atomic mass is 32.2. The molecule has 7 nitrogen and oxygen atoms in total. The number of aromatic nitrogens is 3. The van der Waals surface area contributed by atoms with Crippen LogP contribution in [0.3, 0.4) is 0 Å². The van der Waals surface area contributed by atoms with Crippen molar-refractivity contribution in [3.63, 3.8) is 0 Å². The summed E-state index contributed by atoms with van der Waals surface area (Å²) in [5, 5.41) is 14.0. The Hall–Kier alpha value is -2.61. The number of amides is 3. The zero-order valence-corrected chi connectivity index (χ0v) is 15.8. The Bertz CT molecular complexity index is 760. The van der Waals surface area contributed by atoms with Crippen molar-refractivity contribution in [3.05, 3.63) is 43.0 Å². The molecule has 2 aromatic rings. The van der Waals surface area contributed by atoms with E-state index < -0.39 is 11.9 Å². The topological polar surface area (TPSA) is 88.9 Å². The van der Waals surface area contributed by atoms with Gasteiger partial charge in [-0.1, -0.05) is 55.1 Å². The Morgan fingerprint density at radius 3 is 2.69 bits per heavy atom. The number of thioether (sulfide) groups is 1. The highest BCUT2D eigenvalue weighted by molar-refractivity contribution is 7.99. The summed E-state index contributed by atoms with van der Waals surface area (Å²) >= 11 is 1.26. The molecule has 0 saturated carbocycles. The van der Waals surface area contributed by atoms with E-state index in [2.05, 4.69) is 41.3 Å². The Kier molecular flexibility index (Phi) is 7.40. The molecule has 1 heterocycles.